The maximum absolute atomic E-state index is 12.0. The third-order valence-corrected chi connectivity index (χ3v) is 5.68. The molecule has 0 unspecified atom stereocenters. The summed E-state index contributed by atoms with van der Waals surface area (Å²) in [4.78, 5) is 58.7. The van der Waals surface area contributed by atoms with Gasteiger partial charge in [-0.3, -0.25) is 19.2 Å². The van der Waals surface area contributed by atoms with Crippen LogP contribution in [0.4, 0.5) is 0 Å². The molecule has 1 aliphatic rings. The van der Waals surface area contributed by atoms with Crippen LogP contribution in [0, 0.1) is 0 Å². The Balaban J connectivity index is 1.93. The van der Waals surface area contributed by atoms with Gasteiger partial charge >= 0.3 is 29.8 Å². The number of carboxylic acids is 1. The number of benzene rings is 2. The van der Waals surface area contributed by atoms with Gasteiger partial charge < -0.3 is 33.5 Å². The molecule has 1 saturated heterocycles. The molecule has 1 heterocycles. The van der Waals surface area contributed by atoms with Crippen molar-refractivity contribution in [1.29, 1.82) is 0 Å². The first kappa shape index (κ1) is 30.1. The van der Waals surface area contributed by atoms with Gasteiger partial charge in [0.05, 0.1) is 5.56 Å². The van der Waals surface area contributed by atoms with Gasteiger partial charge in [0, 0.05) is 27.7 Å². The Hall–Kier alpha value is -4.45. The monoisotopic (exact) mass is 558 g/mol. The van der Waals surface area contributed by atoms with Gasteiger partial charge in [0.1, 0.15) is 18.5 Å². The second-order valence-electron chi connectivity index (χ2n) is 9.02. The third kappa shape index (κ3) is 8.53. The number of ether oxygens (including phenoxy) is 6. The fourth-order valence-electron chi connectivity index (χ4n) is 4.20. The van der Waals surface area contributed by atoms with Gasteiger partial charge in [-0.15, -0.1) is 0 Å². The first-order valence-electron chi connectivity index (χ1n) is 12.3. The van der Waals surface area contributed by atoms with E-state index in [1.807, 2.05) is 6.07 Å². The molecule has 12 nitrogen and oxygen atoms in total. The summed E-state index contributed by atoms with van der Waals surface area (Å²) in [5.41, 5.74) is 1.68. The lowest BCUT2D eigenvalue weighted by Gasteiger charge is -2.43. The largest absolute Gasteiger partial charge is 0.478 e. The van der Waals surface area contributed by atoms with Crippen molar-refractivity contribution in [3.8, 4) is 5.75 Å². The van der Waals surface area contributed by atoms with Crippen LogP contribution in [0.25, 0.3) is 0 Å². The van der Waals surface area contributed by atoms with Crippen molar-refractivity contribution in [2.45, 2.75) is 64.8 Å². The summed E-state index contributed by atoms with van der Waals surface area (Å²) >= 11 is 0. The molecule has 3 rings (SSSR count). The van der Waals surface area contributed by atoms with Crippen LogP contribution in [0.3, 0.4) is 0 Å². The summed E-state index contributed by atoms with van der Waals surface area (Å²) in [5, 5.41) is 9.27. The first-order valence-corrected chi connectivity index (χ1v) is 12.3. The molecule has 1 fully saturated rings. The molecular formula is C28H30O12. The highest BCUT2D eigenvalue weighted by Gasteiger charge is 2.53. The maximum Gasteiger partial charge on any atom is 0.335 e. The van der Waals surface area contributed by atoms with E-state index in [2.05, 4.69) is 0 Å². The highest BCUT2D eigenvalue weighted by molar-refractivity contribution is 5.87. The Morgan fingerprint density at radius 2 is 1.32 bits per heavy atom. The number of carbonyl (C=O) groups excluding carboxylic acids is 4. The van der Waals surface area contributed by atoms with Crippen molar-refractivity contribution in [1.82, 2.24) is 0 Å². The molecule has 214 valence electrons. The Morgan fingerprint density at radius 1 is 0.750 bits per heavy atom. The standard InChI is InChI=1S/C28H30O12/c1-15(29)35-14-23-24(36-16(2)30)25(37-17(3)31)26(38-18(4)32)28(40-23)39-22-10-6-8-20(13-22)11-19-7-5-9-21(12-19)27(33)34/h5-10,12-13,23-26,28H,11,14H2,1-4H3,(H,33,34)/t23-,24-,25+,26+,28+/m1/s1. The van der Waals surface area contributed by atoms with Crippen LogP contribution < -0.4 is 4.74 Å². The summed E-state index contributed by atoms with van der Waals surface area (Å²) in [6, 6.07) is 13.3. The smallest absolute Gasteiger partial charge is 0.335 e. The van der Waals surface area contributed by atoms with Crippen LogP contribution >= 0.6 is 0 Å². The van der Waals surface area contributed by atoms with Crippen LogP contribution in [0.1, 0.15) is 49.2 Å². The summed E-state index contributed by atoms with van der Waals surface area (Å²) in [5.74, 6) is -3.62. The summed E-state index contributed by atoms with van der Waals surface area (Å²) in [6.45, 7) is 4.21. The number of aromatic carboxylic acids is 1. The van der Waals surface area contributed by atoms with E-state index in [-0.39, 0.29) is 17.9 Å². The van der Waals surface area contributed by atoms with Gasteiger partial charge in [-0.1, -0.05) is 24.3 Å². The summed E-state index contributed by atoms with van der Waals surface area (Å²) < 4.78 is 33.3. The van der Waals surface area contributed by atoms with Crippen molar-refractivity contribution in [3.63, 3.8) is 0 Å². The normalized spacial score (nSPS) is 21.9. The molecule has 2 aromatic rings. The number of carboxylic acid groups (broad SMARTS) is 1. The molecular weight excluding hydrogens is 528 g/mol. The van der Waals surface area contributed by atoms with Crippen molar-refractivity contribution in [2.24, 2.45) is 0 Å². The molecule has 1 aliphatic heterocycles. The number of carbonyl (C=O) groups is 5. The molecule has 1 N–H and O–H groups in total. The Kier molecular flexibility index (Phi) is 10.2. The zero-order chi connectivity index (χ0) is 29.4. The molecule has 0 bridgehead atoms. The Labute approximate surface area is 230 Å². The van der Waals surface area contributed by atoms with Gasteiger partial charge in [-0.2, -0.15) is 0 Å². The minimum atomic E-state index is -1.37. The minimum absolute atomic E-state index is 0.155. The first-order chi connectivity index (χ1) is 18.9. The predicted molar refractivity (Wildman–Crippen MR) is 135 cm³/mol. The molecule has 0 radical (unpaired) electrons. The quantitative estimate of drug-likeness (QED) is 0.335. The van der Waals surface area contributed by atoms with Crippen LogP contribution in [0.15, 0.2) is 48.5 Å². The molecule has 12 heteroatoms. The van der Waals surface area contributed by atoms with E-state index >= 15 is 0 Å². The third-order valence-electron chi connectivity index (χ3n) is 5.68. The summed E-state index contributed by atoms with van der Waals surface area (Å²) in [7, 11) is 0. The van der Waals surface area contributed by atoms with Crippen molar-refractivity contribution in [2.75, 3.05) is 6.61 Å². The van der Waals surface area contributed by atoms with Crippen LogP contribution in [-0.2, 0) is 49.3 Å². The van der Waals surface area contributed by atoms with E-state index in [9.17, 15) is 29.1 Å². The van der Waals surface area contributed by atoms with Crippen LogP contribution in [0.2, 0.25) is 0 Å². The zero-order valence-electron chi connectivity index (χ0n) is 22.4. The average Bonchev–Trinajstić information content (AvgIpc) is 2.86. The highest BCUT2D eigenvalue weighted by atomic mass is 16.7. The predicted octanol–water partition coefficient (Wildman–Crippen LogP) is 2.44. The molecule has 2 aromatic carbocycles. The van der Waals surface area contributed by atoms with Gasteiger partial charge in [-0.25, -0.2) is 4.79 Å². The Bertz CT molecular complexity index is 1260. The average molecular weight is 559 g/mol. The fourth-order valence-corrected chi connectivity index (χ4v) is 4.20. The van der Waals surface area contributed by atoms with E-state index < -0.39 is 60.6 Å². The van der Waals surface area contributed by atoms with E-state index in [4.69, 9.17) is 28.4 Å². The number of rotatable bonds is 10. The fraction of sp³-hybridized carbons (Fsp3) is 0.393. The highest BCUT2D eigenvalue weighted by Crippen LogP contribution is 2.31. The number of hydrogen-bond donors (Lipinski definition) is 1. The number of esters is 4. The van der Waals surface area contributed by atoms with Crippen molar-refractivity contribution in [3.05, 3.63) is 65.2 Å². The number of hydrogen-bond acceptors (Lipinski definition) is 11. The second-order valence-corrected chi connectivity index (χ2v) is 9.02. The summed E-state index contributed by atoms with van der Waals surface area (Å²) in [6.07, 6.45) is -6.14. The second kappa shape index (κ2) is 13.6. The maximum atomic E-state index is 12.0. The Morgan fingerprint density at radius 3 is 1.93 bits per heavy atom. The van der Waals surface area contributed by atoms with E-state index in [0.29, 0.717) is 6.42 Å². The van der Waals surface area contributed by atoms with Crippen molar-refractivity contribution >= 4 is 29.8 Å². The van der Waals surface area contributed by atoms with E-state index in [1.54, 1.807) is 36.4 Å². The van der Waals surface area contributed by atoms with E-state index in [0.717, 1.165) is 31.9 Å². The van der Waals surface area contributed by atoms with Gasteiger partial charge in [0.15, 0.2) is 12.2 Å². The lowest BCUT2D eigenvalue weighted by atomic mass is 9.98. The zero-order valence-corrected chi connectivity index (χ0v) is 22.4. The van der Waals surface area contributed by atoms with Gasteiger partial charge in [-0.05, 0) is 41.8 Å². The molecule has 0 spiro atoms. The SMILES string of the molecule is CC(=O)OC[C@H]1O[C@H](Oc2cccc(Cc3cccc(C(=O)O)c3)c2)[C@@H](OC(C)=O)[C@@H](OC(C)=O)[C@@H]1OC(C)=O. The lowest BCUT2D eigenvalue weighted by molar-refractivity contribution is -0.288. The van der Waals surface area contributed by atoms with Gasteiger partial charge in [0.2, 0.25) is 12.4 Å². The molecule has 0 saturated carbocycles. The topological polar surface area (TPSA) is 161 Å². The molecule has 5 atom stereocenters. The molecule has 0 aliphatic carbocycles. The van der Waals surface area contributed by atoms with Crippen LogP contribution in [0.5, 0.6) is 5.75 Å². The van der Waals surface area contributed by atoms with Crippen molar-refractivity contribution < 1.29 is 57.5 Å². The van der Waals surface area contributed by atoms with Crippen LogP contribution in [-0.4, -0.2) is 72.3 Å². The molecule has 0 amide bonds. The minimum Gasteiger partial charge on any atom is -0.478 e. The molecule has 40 heavy (non-hydrogen) atoms. The lowest BCUT2D eigenvalue weighted by Crippen LogP contribution is -2.63. The molecule has 0 aromatic heterocycles. The van der Waals surface area contributed by atoms with Gasteiger partial charge in [0.25, 0.3) is 0 Å². The van der Waals surface area contributed by atoms with E-state index in [1.165, 1.54) is 13.0 Å².